The van der Waals surface area contributed by atoms with E-state index in [1.807, 2.05) is 13.1 Å². The van der Waals surface area contributed by atoms with E-state index in [1.165, 1.54) is 25.9 Å². The van der Waals surface area contributed by atoms with Gasteiger partial charge >= 0.3 is 0 Å². The van der Waals surface area contributed by atoms with Gasteiger partial charge in [0, 0.05) is 19.1 Å². The molecule has 1 saturated heterocycles. The fourth-order valence-corrected chi connectivity index (χ4v) is 3.55. The normalized spacial score (nSPS) is 33.0. The highest BCUT2D eigenvalue weighted by atomic mass is 19.1. The van der Waals surface area contributed by atoms with Crippen molar-refractivity contribution >= 4 is 0 Å². The first kappa shape index (κ1) is 15.7. The van der Waals surface area contributed by atoms with Gasteiger partial charge in [-0.1, -0.05) is 6.08 Å². The van der Waals surface area contributed by atoms with Crippen LogP contribution in [0.15, 0.2) is 24.1 Å². The lowest BCUT2D eigenvalue weighted by atomic mass is 9.93. The molecule has 0 radical (unpaired) electrons. The summed E-state index contributed by atoms with van der Waals surface area (Å²) in [6.07, 6.45) is 9.34. The molecule has 0 spiro atoms. The van der Waals surface area contributed by atoms with Gasteiger partial charge in [0.05, 0.1) is 0 Å². The molecule has 4 heteroatoms. The van der Waals surface area contributed by atoms with E-state index in [-0.39, 0.29) is 11.2 Å². The maximum atomic E-state index is 13.1. The van der Waals surface area contributed by atoms with Gasteiger partial charge in [-0.25, -0.2) is 4.39 Å². The molecule has 0 bridgehead atoms. The van der Waals surface area contributed by atoms with Crippen LogP contribution in [0.2, 0.25) is 0 Å². The molecule has 1 heterocycles. The maximum absolute atomic E-state index is 13.1. The number of fused-ring (bicyclic) bond motifs is 1. The first-order valence-corrected chi connectivity index (χ1v) is 7.60. The lowest BCUT2D eigenvalue weighted by molar-refractivity contribution is 0.162. The molecule has 2 aliphatic carbocycles. The number of hydrogen-bond acceptors (Lipinski definition) is 3. The zero-order valence-corrected chi connectivity index (χ0v) is 12.6. The number of aliphatic hydroxyl groups excluding tert-OH is 1. The van der Waals surface area contributed by atoms with E-state index in [9.17, 15) is 4.39 Å². The summed E-state index contributed by atoms with van der Waals surface area (Å²) in [5.41, 5.74) is 0.283. The van der Waals surface area contributed by atoms with E-state index in [1.54, 1.807) is 6.08 Å². The lowest BCUT2D eigenvalue weighted by Crippen LogP contribution is -2.40. The van der Waals surface area contributed by atoms with E-state index >= 15 is 0 Å². The molecule has 3 aliphatic rings. The van der Waals surface area contributed by atoms with Crippen molar-refractivity contribution in [1.29, 1.82) is 0 Å². The number of allylic oxidation sites excluding steroid dienone is 3. The van der Waals surface area contributed by atoms with Crippen molar-refractivity contribution in [3.8, 4) is 0 Å². The summed E-state index contributed by atoms with van der Waals surface area (Å²) in [6.45, 7) is 4.70. The molecule has 0 aromatic rings. The predicted molar refractivity (Wildman–Crippen MR) is 80.1 cm³/mol. The van der Waals surface area contributed by atoms with Crippen LogP contribution in [0.1, 0.15) is 19.3 Å². The standard InChI is InChI=1S/C15H23FN2.CH4O/c1-17-10-12-3-6-18(7-4-12)11-15-5-2-14(16)8-13(15)9-15;1-2/h2,5,8,12-13,17H,3-4,6-7,9-11H2,1H3;2H,1H3. The average molecular weight is 282 g/mol. The van der Waals surface area contributed by atoms with Gasteiger partial charge in [0.15, 0.2) is 0 Å². The van der Waals surface area contributed by atoms with Gasteiger partial charge in [-0.2, -0.15) is 0 Å². The molecule has 0 aromatic carbocycles. The van der Waals surface area contributed by atoms with E-state index in [4.69, 9.17) is 5.11 Å². The smallest absolute Gasteiger partial charge is 0.119 e. The Balaban J connectivity index is 0.000000704. The molecule has 3 rings (SSSR count). The van der Waals surface area contributed by atoms with Crippen molar-refractivity contribution in [3.05, 3.63) is 24.1 Å². The van der Waals surface area contributed by atoms with Gasteiger partial charge in [-0.05, 0) is 69.9 Å². The highest BCUT2D eigenvalue weighted by Gasteiger charge is 2.53. The Morgan fingerprint density at radius 1 is 1.40 bits per heavy atom. The first-order valence-electron chi connectivity index (χ1n) is 7.60. The van der Waals surface area contributed by atoms with Crippen LogP contribution in [0.5, 0.6) is 0 Å². The van der Waals surface area contributed by atoms with Gasteiger partial charge in [-0.3, -0.25) is 0 Å². The van der Waals surface area contributed by atoms with Gasteiger partial charge < -0.3 is 15.3 Å². The molecule has 20 heavy (non-hydrogen) atoms. The molecular formula is C16H27FN2O. The number of nitrogens with one attached hydrogen (secondary N) is 1. The van der Waals surface area contributed by atoms with Crippen molar-refractivity contribution in [3.63, 3.8) is 0 Å². The molecule has 3 nitrogen and oxygen atoms in total. The zero-order valence-electron chi connectivity index (χ0n) is 12.6. The molecule has 114 valence electrons. The van der Waals surface area contributed by atoms with E-state index in [2.05, 4.69) is 16.3 Å². The van der Waals surface area contributed by atoms with Crippen molar-refractivity contribution in [1.82, 2.24) is 10.2 Å². The largest absolute Gasteiger partial charge is 0.400 e. The minimum absolute atomic E-state index is 0.0409. The number of rotatable bonds is 4. The second kappa shape index (κ2) is 6.83. The molecule has 2 unspecified atom stereocenters. The van der Waals surface area contributed by atoms with Crippen molar-refractivity contribution in [2.45, 2.75) is 19.3 Å². The molecule has 1 saturated carbocycles. The van der Waals surface area contributed by atoms with Crippen molar-refractivity contribution in [2.75, 3.05) is 40.3 Å². The summed E-state index contributed by atoms with van der Waals surface area (Å²) in [4.78, 5) is 2.58. The monoisotopic (exact) mass is 282 g/mol. The number of aliphatic hydroxyl groups is 1. The molecule has 2 N–H and O–H groups in total. The van der Waals surface area contributed by atoms with Gasteiger partial charge in [0.2, 0.25) is 0 Å². The summed E-state index contributed by atoms with van der Waals surface area (Å²) in [5, 5.41) is 10.3. The van der Waals surface area contributed by atoms with Gasteiger partial charge in [-0.15, -0.1) is 0 Å². The van der Waals surface area contributed by atoms with Gasteiger partial charge in [0.1, 0.15) is 5.83 Å². The molecule has 1 aliphatic heterocycles. The Morgan fingerprint density at radius 3 is 2.70 bits per heavy atom. The SMILES string of the molecule is CNCC1CCN(CC23C=CC(F)=CC2C3)CC1.CO. The van der Waals surface area contributed by atoms with Crippen LogP contribution in [-0.2, 0) is 0 Å². The number of nitrogens with zero attached hydrogens (tertiary/aromatic N) is 1. The second-order valence-corrected chi connectivity index (χ2v) is 6.21. The number of likely N-dealkylation sites (tertiary alicyclic amines) is 1. The maximum Gasteiger partial charge on any atom is 0.119 e. The molecule has 0 aromatic heterocycles. The summed E-state index contributed by atoms with van der Waals surface area (Å²) in [7, 11) is 3.04. The van der Waals surface area contributed by atoms with Crippen LogP contribution in [0.3, 0.4) is 0 Å². The van der Waals surface area contributed by atoms with Crippen LogP contribution in [0, 0.1) is 17.3 Å². The third-order valence-electron chi connectivity index (χ3n) is 4.83. The Hall–Kier alpha value is -0.710. The van der Waals surface area contributed by atoms with E-state index < -0.39 is 0 Å². The quantitative estimate of drug-likeness (QED) is 0.827. The molecule has 0 amide bonds. The van der Waals surface area contributed by atoms with E-state index in [0.717, 1.165) is 32.5 Å². The summed E-state index contributed by atoms with van der Waals surface area (Å²) in [5.74, 6) is 1.27. The Kier molecular flexibility index (Phi) is 5.35. The topological polar surface area (TPSA) is 35.5 Å². The number of halogens is 1. The highest BCUT2D eigenvalue weighted by Crippen LogP contribution is 2.57. The summed E-state index contributed by atoms with van der Waals surface area (Å²) < 4.78 is 13.1. The minimum Gasteiger partial charge on any atom is -0.400 e. The molecule has 2 fully saturated rings. The first-order chi connectivity index (χ1) is 9.72. The molecule has 2 atom stereocenters. The van der Waals surface area contributed by atoms with Crippen LogP contribution in [-0.4, -0.2) is 50.3 Å². The fourth-order valence-electron chi connectivity index (χ4n) is 3.55. The summed E-state index contributed by atoms with van der Waals surface area (Å²) in [6, 6.07) is 0. The molecular weight excluding hydrogens is 255 g/mol. The Bertz CT molecular complexity index is 375. The second-order valence-electron chi connectivity index (χ2n) is 6.21. The van der Waals surface area contributed by atoms with Crippen LogP contribution in [0.25, 0.3) is 0 Å². The average Bonchev–Trinajstić information content (AvgIpc) is 3.17. The Morgan fingerprint density at radius 2 is 2.10 bits per heavy atom. The fraction of sp³-hybridized carbons (Fsp3) is 0.750. The lowest BCUT2D eigenvalue weighted by Gasteiger charge is -2.34. The van der Waals surface area contributed by atoms with Crippen LogP contribution >= 0.6 is 0 Å². The van der Waals surface area contributed by atoms with E-state index in [0.29, 0.717) is 5.92 Å². The predicted octanol–water partition coefficient (Wildman–Crippen LogP) is 1.96. The van der Waals surface area contributed by atoms with Crippen LogP contribution < -0.4 is 5.32 Å². The van der Waals surface area contributed by atoms with Crippen molar-refractivity contribution < 1.29 is 9.50 Å². The van der Waals surface area contributed by atoms with Gasteiger partial charge in [0.25, 0.3) is 0 Å². The summed E-state index contributed by atoms with van der Waals surface area (Å²) >= 11 is 0. The number of hydrogen-bond donors (Lipinski definition) is 2. The highest BCUT2D eigenvalue weighted by molar-refractivity contribution is 5.33. The van der Waals surface area contributed by atoms with Crippen molar-refractivity contribution in [2.24, 2.45) is 17.3 Å². The zero-order chi connectivity index (χ0) is 14.6. The third kappa shape index (κ3) is 3.48. The third-order valence-corrected chi connectivity index (χ3v) is 4.83. The van der Waals surface area contributed by atoms with Crippen LogP contribution in [0.4, 0.5) is 4.39 Å². The minimum atomic E-state index is -0.0409. The Labute approximate surface area is 121 Å². The number of piperidine rings is 1.